The smallest absolute Gasteiger partial charge is 0.173 e. The summed E-state index contributed by atoms with van der Waals surface area (Å²) in [4.78, 5) is 4.45. The van der Waals surface area contributed by atoms with Crippen LogP contribution in [0.4, 0.5) is 14.5 Å². The molecule has 2 aliphatic heterocycles. The van der Waals surface area contributed by atoms with E-state index in [0.717, 1.165) is 38.3 Å². The van der Waals surface area contributed by atoms with Gasteiger partial charge in [0.25, 0.3) is 0 Å². The summed E-state index contributed by atoms with van der Waals surface area (Å²) in [5.74, 6) is -1.71. The zero-order chi connectivity index (χ0) is 15.0. The van der Waals surface area contributed by atoms with Gasteiger partial charge in [0, 0.05) is 30.3 Å². The lowest BCUT2D eigenvalue weighted by Crippen LogP contribution is -2.62. The van der Waals surface area contributed by atoms with Crippen LogP contribution in [0.2, 0.25) is 0 Å². The summed E-state index contributed by atoms with van der Waals surface area (Å²) >= 11 is 5.35. The van der Waals surface area contributed by atoms with Crippen molar-refractivity contribution in [2.75, 3.05) is 38.5 Å². The first-order valence-corrected chi connectivity index (χ1v) is 7.58. The number of piperidine rings is 1. The normalized spacial score (nSPS) is 21.2. The number of hydrogen-bond acceptors (Lipinski definition) is 2. The molecular formula is C15H19F2N3S. The zero-order valence-electron chi connectivity index (χ0n) is 12.0. The summed E-state index contributed by atoms with van der Waals surface area (Å²) < 4.78 is 26.1. The van der Waals surface area contributed by atoms with Gasteiger partial charge in [-0.15, -0.1) is 0 Å². The van der Waals surface area contributed by atoms with Crippen LogP contribution in [0.25, 0.3) is 0 Å². The molecule has 0 aromatic heterocycles. The Morgan fingerprint density at radius 1 is 1.19 bits per heavy atom. The highest BCUT2D eigenvalue weighted by Gasteiger charge is 2.45. The Morgan fingerprint density at radius 3 is 2.48 bits per heavy atom. The Labute approximate surface area is 128 Å². The lowest BCUT2D eigenvalue weighted by molar-refractivity contribution is 0.000730. The maximum Gasteiger partial charge on any atom is 0.173 e. The second-order valence-corrected chi connectivity index (χ2v) is 6.61. The number of anilines is 1. The minimum absolute atomic E-state index is 0.395. The topological polar surface area (TPSA) is 18.5 Å². The van der Waals surface area contributed by atoms with Crippen molar-refractivity contribution < 1.29 is 8.78 Å². The van der Waals surface area contributed by atoms with Crippen LogP contribution in [-0.4, -0.2) is 48.1 Å². The van der Waals surface area contributed by atoms with Crippen LogP contribution in [0.15, 0.2) is 18.2 Å². The molecule has 2 aliphatic rings. The van der Waals surface area contributed by atoms with Crippen molar-refractivity contribution in [3.63, 3.8) is 0 Å². The zero-order valence-corrected chi connectivity index (χ0v) is 12.8. The quantitative estimate of drug-likeness (QED) is 0.804. The molecule has 1 spiro atoms. The van der Waals surface area contributed by atoms with E-state index in [0.29, 0.717) is 16.2 Å². The number of halogens is 2. The van der Waals surface area contributed by atoms with Crippen LogP contribution in [0.5, 0.6) is 0 Å². The van der Waals surface area contributed by atoms with Crippen LogP contribution in [0.3, 0.4) is 0 Å². The van der Waals surface area contributed by atoms with Crippen LogP contribution in [-0.2, 0) is 0 Å². The summed E-state index contributed by atoms with van der Waals surface area (Å²) in [6.45, 7) is 4.18. The molecule has 1 aromatic carbocycles. The lowest BCUT2D eigenvalue weighted by atomic mass is 9.72. The van der Waals surface area contributed by atoms with Crippen molar-refractivity contribution in [2.45, 2.75) is 12.8 Å². The van der Waals surface area contributed by atoms with E-state index in [1.165, 1.54) is 18.9 Å². The largest absolute Gasteiger partial charge is 0.348 e. The highest BCUT2D eigenvalue weighted by Crippen LogP contribution is 2.40. The summed E-state index contributed by atoms with van der Waals surface area (Å²) in [6.07, 6.45) is 2.40. The average molecular weight is 311 g/mol. The van der Waals surface area contributed by atoms with Gasteiger partial charge in [-0.25, -0.2) is 8.78 Å². The van der Waals surface area contributed by atoms with Crippen LogP contribution in [0, 0.1) is 17.0 Å². The van der Waals surface area contributed by atoms with E-state index in [-0.39, 0.29) is 0 Å². The van der Waals surface area contributed by atoms with Gasteiger partial charge in [-0.05, 0) is 57.3 Å². The maximum absolute atomic E-state index is 13.2. The monoisotopic (exact) mass is 311 g/mol. The second-order valence-electron chi connectivity index (χ2n) is 6.22. The molecule has 3 nitrogen and oxygen atoms in total. The van der Waals surface area contributed by atoms with Crippen molar-refractivity contribution in [2.24, 2.45) is 5.41 Å². The van der Waals surface area contributed by atoms with Gasteiger partial charge in [0.2, 0.25) is 0 Å². The van der Waals surface area contributed by atoms with Crippen molar-refractivity contribution in [1.82, 2.24) is 9.80 Å². The Balaban J connectivity index is 1.55. The predicted octanol–water partition coefficient (Wildman–Crippen LogP) is 2.69. The first-order valence-electron chi connectivity index (χ1n) is 7.17. The Kier molecular flexibility index (Phi) is 3.84. The van der Waals surface area contributed by atoms with Gasteiger partial charge < -0.3 is 15.1 Å². The third kappa shape index (κ3) is 3.01. The fourth-order valence-electron chi connectivity index (χ4n) is 3.09. The molecule has 6 heteroatoms. The molecule has 1 N–H and O–H groups in total. The number of nitrogens with zero attached hydrogens (tertiary/aromatic N) is 2. The van der Waals surface area contributed by atoms with Gasteiger partial charge in [-0.3, -0.25) is 0 Å². The van der Waals surface area contributed by atoms with Crippen LogP contribution >= 0.6 is 12.2 Å². The highest BCUT2D eigenvalue weighted by atomic mass is 32.1. The summed E-state index contributed by atoms with van der Waals surface area (Å²) in [6, 6.07) is 3.73. The first-order chi connectivity index (χ1) is 9.97. The molecule has 0 radical (unpaired) electrons. The van der Waals surface area contributed by atoms with E-state index in [2.05, 4.69) is 22.2 Å². The fourth-order valence-corrected chi connectivity index (χ4v) is 3.34. The molecule has 21 heavy (non-hydrogen) atoms. The number of likely N-dealkylation sites (tertiary alicyclic amines) is 2. The summed E-state index contributed by atoms with van der Waals surface area (Å²) in [5, 5.41) is 3.57. The van der Waals surface area contributed by atoms with Gasteiger partial charge >= 0.3 is 0 Å². The molecule has 2 heterocycles. The van der Waals surface area contributed by atoms with E-state index in [9.17, 15) is 8.78 Å². The predicted molar refractivity (Wildman–Crippen MR) is 83.3 cm³/mol. The summed E-state index contributed by atoms with van der Waals surface area (Å²) in [5.41, 5.74) is 0.884. The minimum atomic E-state index is -0.863. The average Bonchev–Trinajstić information content (AvgIpc) is 2.41. The standard InChI is InChI=1S/C15H19F2N3S/c1-19-6-4-15(5-7-19)9-20(10-15)14(21)18-11-2-3-12(16)13(17)8-11/h2-3,8H,4-7,9-10H2,1H3,(H,18,21). The Bertz CT molecular complexity index is 548. The van der Waals surface area contributed by atoms with Gasteiger partial charge in [-0.2, -0.15) is 0 Å². The molecule has 0 saturated carbocycles. The van der Waals surface area contributed by atoms with E-state index < -0.39 is 11.6 Å². The van der Waals surface area contributed by atoms with Crippen LogP contribution < -0.4 is 5.32 Å². The molecule has 0 unspecified atom stereocenters. The van der Waals surface area contributed by atoms with Gasteiger partial charge in [0.15, 0.2) is 16.7 Å². The Hall–Kier alpha value is -1.27. The van der Waals surface area contributed by atoms with Gasteiger partial charge in [0.05, 0.1) is 0 Å². The first kappa shape index (κ1) is 14.7. The van der Waals surface area contributed by atoms with Crippen molar-refractivity contribution in [1.29, 1.82) is 0 Å². The minimum Gasteiger partial charge on any atom is -0.348 e. The highest BCUT2D eigenvalue weighted by molar-refractivity contribution is 7.80. The molecule has 0 bridgehead atoms. The van der Waals surface area contributed by atoms with E-state index in [4.69, 9.17) is 12.2 Å². The maximum atomic E-state index is 13.2. The number of hydrogen-bond donors (Lipinski definition) is 1. The number of rotatable bonds is 1. The van der Waals surface area contributed by atoms with Gasteiger partial charge in [-0.1, -0.05) is 0 Å². The van der Waals surface area contributed by atoms with E-state index in [1.807, 2.05) is 0 Å². The fraction of sp³-hybridized carbons (Fsp3) is 0.533. The second kappa shape index (κ2) is 5.50. The van der Waals surface area contributed by atoms with Crippen molar-refractivity contribution in [3.8, 4) is 0 Å². The molecule has 0 aliphatic carbocycles. The third-order valence-corrected chi connectivity index (χ3v) is 4.92. The number of thiocarbonyl (C=S) groups is 1. The molecule has 0 atom stereocenters. The molecular weight excluding hydrogens is 292 g/mol. The molecule has 2 fully saturated rings. The van der Waals surface area contributed by atoms with E-state index in [1.54, 1.807) is 0 Å². The van der Waals surface area contributed by atoms with E-state index >= 15 is 0 Å². The van der Waals surface area contributed by atoms with Crippen molar-refractivity contribution in [3.05, 3.63) is 29.8 Å². The van der Waals surface area contributed by atoms with Crippen molar-refractivity contribution >= 4 is 23.0 Å². The third-order valence-electron chi connectivity index (χ3n) is 4.56. The van der Waals surface area contributed by atoms with Crippen LogP contribution in [0.1, 0.15) is 12.8 Å². The molecule has 114 valence electrons. The molecule has 3 rings (SSSR count). The summed E-state index contributed by atoms with van der Waals surface area (Å²) in [7, 11) is 2.15. The molecule has 1 aromatic rings. The Morgan fingerprint density at radius 2 is 1.86 bits per heavy atom. The number of benzene rings is 1. The SMILES string of the molecule is CN1CCC2(CC1)CN(C(=S)Nc1ccc(F)c(F)c1)C2. The number of nitrogens with one attached hydrogen (secondary N) is 1. The molecule has 0 amide bonds. The van der Waals surface area contributed by atoms with Gasteiger partial charge in [0.1, 0.15) is 0 Å². The molecule has 2 saturated heterocycles. The lowest BCUT2D eigenvalue weighted by Gasteiger charge is -2.54.